The molecule has 1 aliphatic rings. The van der Waals surface area contributed by atoms with Crippen LogP contribution in [0.5, 0.6) is 5.75 Å². The fraction of sp³-hybridized carbons (Fsp3) is 0.333. The lowest BCUT2D eigenvalue weighted by molar-refractivity contribution is -0.247. The Morgan fingerprint density at radius 2 is 1.31 bits per heavy atom. The van der Waals surface area contributed by atoms with E-state index in [9.17, 15) is 0 Å². The molecule has 13 heavy (non-hydrogen) atoms. The minimum Gasteiger partial charge on any atom is -0.508 e. The molecule has 0 bridgehead atoms. The van der Waals surface area contributed by atoms with Crippen molar-refractivity contribution in [2.24, 2.45) is 0 Å². The lowest BCUT2D eigenvalue weighted by Gasteiger charge is -2.10. The molecular formula is C9H12O4. The fourth-order valence-electron chi connectivity index (χ4n) is 0.707. The summed E-state index contributed by atoms with van der Waals surface area (Å²) in [6, 6.07) is 8.71. The smallest absolute Gasteiger partial charge is 0.152 e. The van der Waals surface area contributed by atoms with Crippen LogP contribution in [0.2, 0.25) is 0 Å². The van der Waals surface area contributed by atoms with Crippen LogP contribution in [0.3, 0.4) is 0 Å². The second kappa shape index (κ2) is 6.42. The van der Waals surface area contributed by atoms with Crippen molar-refractivity contribution in [2.45, 2.75) is 0 Å². The van der Waals surface area contributed by atoms with Crippen LogP contribution in [0.15, 0.2) is 30.3 Å². The number of ether oxygens (including phenoxy) is 3. The minimum absolute atomic E-state index is 0.322. The lowest BCUT2D eigenvalue weighted by atomic mass is 10.3. The minimum atomic E-state index is 0.322. The first kappa shape index (κ1) is 9.98. The topological polar surface area (TPSA) is 47.9 Å². The van der Waals surface area contributed by atoms with E-state index in [2.05, 4.69) is 14.2 Å². The van der Waals surface area contributed by atoms with Crippen molar-refractivity contribution >= 4 is 0 Å². The van der Waals surface area contributed by atoms with Gasteiger partial charge in [0.2, 0.25) is 0 Å². The molecule has 4 nitrogen and oxygen atoms in total. The highest BCUT2D eigenvalue weighted by molar-refractivity contribution is 5.18. The molecule has 1 fully saturated rings. The second-order valence-corrected chi connectivity index (χ2v) is 2.30. The third kappa shape index (κ3) is 5.19. The van der Waals surface area contributed by atoms with E-state index in [0.29, 0.717) is 26.1 Å². The molecule has 1 aliphatic heterocycles. The predicted octanol–water partition coefficient (Wildman–Crippen LogP) is 1.31. The first-order chi connectivity index (χ1) is 6.39. The van der Waals surface area contributed by atoms with E-state index in [0.717, 1.165) is 0 Å². The van der Waals surface area contributed by atoms with Crippen LogP contribution in [0.25, 0.3) is 0 Å². The van der Waals surface area contributed by atoms with Gasteiger partial charge >= 0.3 is 0 Å². The standard InChI is InChI=1S/C6H6O.C3H6O3/c7-6-4-2-1-3-5-6;1-4-2-6-3-5-1/h1-5,7H;1-3H2. The maximum absolute atomic E-state index is 8.63. The van der Waals surface area contributed by atoms with E-state index < -0.39 is 0 Å². The molecule has 1 aromatic carbocycles. The van der Waals surface area contributed by atoms with E-state index in [1.807, 2.05) is 6.07 Å². The quantitative estimate of drug-likeness (QED) is 0.660. The Hall–Kier alpha value is -1.10. The zero-order valence-electron chi connectivity index (χ0n) is 7.18. The van der Waals surface area contributed by atoms with Crippen molar-refractivity contribution in [1.82, 2.24) is 0 Å². The van der Waals surface area contributed by atoms with Crippen LogP contribution in [0.4, 0.5) is 0 Å². The number of benzene rings is 1. The van der Waals surface area contributed by atoms with Crippen LogP contribution in [-0.4, -0.2) is 25.5 Å². The molecule has 1 heterocycles. The van der Waals surface area contributed by atoms with E-state index >= 15 is 0 Å². The van der Waals surface area contributed by atoms with Crippen molar-refractivity contribution < 1.29 is 19.3 Å². The van der Waals surface area contributed by atoms with Gasteiger partial charge in [-0.25, -0.2) is 0 Å². The maximum atomic E-state index is 8.63. The molecule has 0 aliphatic carbocycles. The van der Waals surface area contributed by atoms with Gasteiger partial charge in [0.1, 0.15) is 5.75 Å². The molecule has 1 saturated heterocycles. The summed E-state index contributed by atoms with van der Waals surface area (Å²) >= 11 is 0. The van der Waals surface area contributed by atoms with Crippen molar-refractivity contribution in [3.63, 3.8) is 0 Å². The molecule has 0 atom stereocenters. The van der Waals surface area contributed by atoms with E-state index in [-0.39, 0.29) is 0 Å². The Morgan fingerprint density at radius 1 is 0.846 bits per heavy atom. The number of para-hydroxylation sites is 1. The SMILES string of the molecule is C1OCOCO1.Oc1ccccc1. The summed E-state index contributed by atoms with van der Waals surface area (Å²) in [5, 5.41) is 8.63. The molecule has 0 amide bonds. The van der Waals surface area contributed by atoms with Crippen molar-refractivity contribution in [2.75, 3.05) is 20.4 Å². The van der Waals surface area contributed by atoms with Gasteiger partial charge in [-0.2, -0.15) is 0 Å². The Balaban J connectivity index is 0.000000132. The highest BCUT2D eigenvalue weighted by Crippen LogP contribution is 2.02. The molecule has 2 rings (SSSR count). The average molecular weight is 184 g/mol. The molecule has 0 aromatic heterocycles. The lowest BCUT2D eigenvalue weighted by Crippen LogP contribution is -2.14. The molecule has 1 N–H and O–H groups in total. The van der Waals surface area contributed by atoms with Gasteiger partial charge in [0.05, 0.1) is 0 Å². The third-order valence-corrected chi connectivity index (χ3v) is 1.26. The number of hydrogen-bond acceptors (Lipinski definition) is 4. The molecule has 0 spiro atoms. The van der Waals surface area contributed by atoms with Crippen LogP contribution >= 0.6 is 0 Å². The number of hydrogen-bond donors (Lipinski definition) is 1. The summed E-state index contributed by atoms with van der Waals surface area (Å²) in [5.41, 5.74) is 0. The highest BCUT2D eigenvalue weighted by Gasteiger charge is 1.93. The largest absolute Gasteiger partial charge is 0.508 e. The van der Waals surface area contributed by atoms with Crippen LogP contribution in [0.1, 0.15) is 0 Å². The zero-order chi connectivity index (χ0) is 9.36. The van der Waals surface area contributed by atoms with E-state index in [1.54, 1.807) is 24.3 Å². The Morgan fingerprint density at radius 3 is 1.54 bits per heavy atom. The average Bonchev–Trinajstić information content (AvgIpc) is 2.22. The van der Waals surface area contributed by atoms with Gasteiger partial charge in [-0.15, -0.1) is 0 Å². The third-order valence-electron chi connectivity index (χ3n) is 1.26. The molecule has 0 radical (unpaired) electrons. The van der Waals surface area contributed by atoms with Gasteiger partial charge in [0.15, 0.2) is 20.4 Å². The summed E-state index contributed by atoms with van der Waals surface area (Å²) in [6.07, 6.45) is 0. The normalized spacial score (nSPS) is 15.7. The Kier molecular flexibility index (Phi) is 4.93. The van der Waals surface area contributed by atoms with Gasteiger partial charge < -0.3 is 19.3 Å². The zero-order valence-corrected chi connectivity index (χ0v) is 7.18. The Labute approximate surface area is 76.7 Å². The van der Waals surface area contributed by atoms with E-state index in [1.165, 1.54) is 0 Å². The maximum Gasteiger partial charge on any atom is 0.152 e. The first-order valence-corrected chi connectivity index (χ1v) is 3.87. The van der Waals surface area contributed by atoms with Crippen LogP contribution < -0.4 is 0 Å². The molecule has 0 unspecified atom stereocenters. The summed E-state index contributed by atoms with van der Waals surface area (Å²) in [4.78, 5) is 0. The van der Waals surface area contributed by atoms with Crippen LogP contribution in [0, 0.1) is 0 Å². The molecule has 4 heteroatoms. The fourth-order valence-corrected chi connectivity index (χ4v) is 0.707. The number of phenolic OH excluding ortho intramolecular Hbond substituents is 1. The number of aromatic hydroxyl groups is 1. The van der Waals surface area contributed by atoms with Gasteiger partial charge in [-0.05, 0) is 12.1 Å². The highest BCUT2D eigenvalue weighted by atomic mass is 16.8. The van der Waals surface area contributed by atoms with Gasteiger partial charge in [-0.3, -0.25) is 0 Å². The summed E-state index contributed by atoms with van der Waals surface area (Å²) in [5.74, 6) is 0.322. The Bertz CT molecular complexity index is 197. The monoisotopic (exact) mass is 184 g/mol. The summed E-state index contributed by atoms with van der Waals surface area (Å²) in [7, 11) is 0. The number of phenols is 1. The van der Waals surface area contributed by atoms with Gasteiger partial charge in [0, 0.05) is 0 Å². The van der Waals surface area contributed by atoms with Gasteiger partial charge in [-0.1, -0.05) is 18.2 Å². The van der Waals surface area contributed by atoms with Crippen molar-refractivity contribution in [3.05, 3.63) is 30.3 Å². The molecular weight excluding hydrogens is 172 g/mol. The number of rotatable bonds is 0. The van der Waals surface area contributed by atoms with E-state index in [4.69, 9.17) is 5.11 Å². The predicted molar refractivity (Wildman–Crippen MR) is 46.0 cm³/mol. The summed E-state index contributed by atoms with van der Waals surface area (Å²) in [6.45, 7) is 1.12. The molecule has 72 valence electrons. The van der Waals surface area contributed by atoms with Crippen LogP contribution in [-0.2, 0) is 14.2 Å². The van der Waals surface area contributed by atoms with Gasteiger partial charge in [0.25, 0.3) is 0 Å². The summed E-state index contributed by atoms with van der Waals surface area (Å²) < 4.78 is 13.9. The van der Waals surface area contributed by atoms with Crippen molar-refractivity contribution in [1.29, 1.82) is 0 Å². The molecule has 1 aromatic rings. The molecule has 0 saturated carbocycles. The second-order valence-electron chi connectivity index (χ2n) is 2.30. The van der Waals surface area contributed by atoms with Crippen molar-refractivity contribution in [3.8, 4) is 5.75 Å². The first-order valence-electron chi connectivity index (χ1n) is 3.87.